The van der Waals surface area contributed by atoms with Gasteiger partial charge in [0.25, 0.3) is 0 Å². The molecule has 0 radical (unpaired) electrons. The molecule has 1 rings (SSSR count). The van der Waals surface area contributed by atoms with E-state index in [0.717, 1.165) is 5.56 Å². The molecule has 1 aromatic rings. The van der Waals surface area contributed by atoms with Gasteiger partial charge >= 0.3 is 0 Å². The first-order valence-corrected chi connectivity index (χ1v) is 7.03. The molecule has 0 bridgehead atoms. The molecule has 4 heteroatoms. The number of hydrogen-bond acceptors (Lipinski definition) is 2. The summed E-state index contributed by atoms with van der Waals surface area (Å²) in [7, 11) is -2.75. The lowest BCUT2D eigenvalue weighted by Gasteiger charge is -1.86. The predicted molar refractivity (Wildman–Crippen MR) is 57.7 cm³/mol. The second-order valence-electron chi connectivity index (χ2n) is 2.51. The van der Waals surface area contributed by atoms with Gasteiger partial charge in [0.1, 0.15) is 0 Å². The van der Waals surface area contributed by atoms with Gasteiger partial charge in [0.05, 0.1) is 7.41 Å². The van der Waals surface area contributed by atoms with Gasteiger partial charge in [-0.05, 0) is 11.6 Å². The number of benzene rings is 1. The Labute approximate surface area is 79.4 Å². The van der Waals surface area contributed by atoms with Gasteiger partial charge in [0.15, 0.2) is 9.46 Å². The molecule has 0 N–H and O–H groups in total. The molecule has 0 atom stereocenters. The minimum atomic E-state index is -2.96. The van der Waals surface area contributed by atoms with Crippen LogP contribution in [-0.2, 0) is 9.46 Å². The maximum atomic E-state index is 10.7. The maximum absolute atomic E-state index is 10.7. The van der Waals surface area contributed by atoms with Crippen LogP contribution >= 0.6 is 7.41 Å². The molecule has 0 saturated heterocycles. The number of rotatable bonds is 2. The van der Waals surface area contributed by atoms with E-state index in [1.807, 2.05) is 30.3 Å². The van der Waals surface area contributed by atoms with E-state index < -0.39 is 9.46 Å². The van der Waals surface area contributed by atoms with Gasteiger partial charge < -0.3 is 0 Å². The molecule has 13 heavy (non-hydrogen) atoms. The highest BCUT2D eigenvalue weighted by atomic mass is 32.7. The van der Waals surface area contributed by atoms with Crippen molar-refractivity contribution < 1.29 is 8.42 Å². The van der Waals surface area contributed by atoms with E-state index in [0.29, 0.717) is 0 Å². The van der Waals surface area contributed by atoms with Gasteiger partial charge in [-0.25, -0.2) is 8.42 Å². The van der Waals surface area contributed by atoms with Crippen LogP contribution in [0, 0.1) is 0 Å². The Balaban J connectivity index is 2.88. The van der Waals surface area contributed by atoms with E-state index >= 15 is 0 Å². The van der Waals surface area contributed by atoms with Gasteiger partial charge in [-0.1, -0.05) is 35.8 Å². The van der Waals surface area contributed by atoms with E-state index in [1.54, 1.807) is 6.08 Å². The molecule has 2 nitrogen and oxygen atoms in total. The van der Waals surface area contributed by atoms with Gasteiger partial charge in [0.2, 0.25) is 0 Å². The lowest BCUT2D eigenvalue weighted by Crippen LogP contribution is -1.78. The molecule has 0 heterocycles. The minimum absolute atomic E-state index is 0.214. The summed E-state index contributed by atoms with van der Waals surface area (Å²) in [6, 6.07) is 9.48. The Kier molecular flexibility index (Phi) is 3.44. The van der Waals surface area contributed by atoms with Crippen LogP contribution in [0.5, 0.6) is 0 Å². The molecule has 0 amide bonds. The highest BCUT2D eigenvalue weighted by molar-refractivity contribution is 8.42. The lowest BCUT2D eigenvalue weighted by atomic mass is 10.2. The lowest BCUT2D eigenvalue weighted by molar-refractivity contribution is 0.615. The number of hydrogen-bond donors (Lipinski definition) is 0. The first-order valence-electron chi connectivity index (χ1n) is 3.64. The van der Waals surface area contributed by atoms with Crippen molar-refractivity contribution in [2.45, 2.75) is 0 Å². The van der Waals surface area contributed by atoms with E-state index in [2.05, 4.69) is 5.45 Å². The van der Waals surface area contributed by atoms with Crippen molar-refractivity contribution in [3.8, 4) is 0 Å². The molecule has 68 valence electrons. The van der Waals surface area contributed by atoms with E-state index in [4.69, 9.17) is 0 Å². The monoisotopic (exact) mass is 212 g/mol. The van der Waals surface area contributed by atoms with Crippen LogP contribution < -0.4 is 0 Å². The SMILES string of the molecule is CS(=O)(=O)P=C=Cc1ccccc1. The quantitative estimate of drug-likeness (QED) is 0.703. The van der Waals surface area contributed by atoms with Crippen LogP contribution in [0.2, 0.25) is 0 Å². The second-order valence-corrected chi connectivity index (χ2v) is 6.95. The Bertz CT molecular complexity index is 428. The zero-order valence-corrected chi connectivity index (χ0v) is 8.85. The molecule has 1 aromatic carbocycles. The van der Waals surface area contributed by atoms with E-state index in [1.165, 1.54) is 6.26 Å². The zero-order valence-electron chi connectivity index (χ0n) is 7.14. The molecular formula is C9H9O2PS. The summed E-state index contributed by atoms with van der Waals surface area (Å²) >= 11 is 0. The molecule has 0 aliphatic carbocycles. The van der Waals surface area contributed by atoms with Gasteiger partial charge in [-0.3, -0.25) is 0 Å². The predicted octanol–water partition coefficient (Wildman–Crippen LogP) is 2.01. The van der Waals surface area contributed by atoms with Crippen molar-refractivity contribution >= 4 is 28.4 Å². The molecule has 0 aliphatic heterocycles. The topological polar surface area (TPSA) is 34.1 Å². The highest BCUT2D eigenvalue weighted by Gasteiger charge is 1.90. The van der Waals surface area contributed by atoms with Crippen molar-refractivity contribution in [2.24, 2.45) is 0 Å². The van der Waals surface area contributed by atoms with Crippen LogP contribution in [-0.4, -0.2) is 20.1 Å². The fourth-order valence-corrected chi connectivity index (χ4v) is 1.87. The summed E-state index contributed by atoms with van der Waals surface area (Å²) in [5.41, 5.74) is 3.66. The average Bonchev–Trinajstić information content (AvgIpc) is 2.04. The molecular weight excluding hydrogens is 203 g/mol. The fourth-order valence-electron chi connectivity index (χ4n) is 0.746. The van der Waals surface area contributed by atoms with Crippen molar-refractivity contribution in [3.63, 3.8) is 0 Å². The molecule has 0 unspecified atom stereocenters. The molecule has 0 saturated carbocycles. The summed E-state index contributed by atoms with van der Waals surface area (Å²) in [4.78, 5) is 0. The third-order valence-corrected chi connectivity index (χ3v) is 3.13. The fraction of sp³-hybridized carbons (Fsp3) is 0.111. The van der Waals surface area contributed by atoms with Crippen LogP contribution in [0.15, 0.2) is 30.3 Å². The van der Waals surface area contributed by atoms with Crippen molar-refractivity contribution in [1.82, 2.24) is 0 Å². The summed E-state index contributed by atoms with van der Waals surface area (Å²) in [5.74, 6) is 0. The first-order chi connectivity index (χ1) is 6.08. The molecule has 0 fully saturated rings. The van der Waals surface area contributed by atoms with Crippen LogP contribution in [0.4, 0.5) is 0 Å². The van der Waals surface area contributed by atoms with Crippen LogP contribution in [0.3, 0.4) is 0 Å². The maximum Gasteiger partial charge on any atom is 0.197 e. The standard InChI is InChI=1S/C9H9O2PS/c1-13(10,11)12-8-7-9-5-3-2-4-6-9/h2-7H,1H3. The van der Waals surface area contributed by atoms with E-state index in [9.17, 15) is 8.42 Å². The third kappa shape index (κ3) is 4.64. The van der Waals surface area contributed by atoms with Gasteiger partial charge in [-0.15, -0.1) is 0 Å². The van der Waals surface area contributed by atoms with Crippen molar-refractivity contribution in [2.75, 3.05) is 6.26 Å². The minimum Gasteiger partial charge on any atom is -0.219 e. The summed E-state index contributed by atoms with van der Waals surface area (Å²) in [5, 5.41) is 0. The Morgan fingerprint density at radius 2 is 1.92 bits per heavy atom. The average molecular weight is 212 g/mol. The summed E-state index contributed by atoms with van der Waals surface area (Å²) < 4.78 is 21.5. The largest absolute Gasteiger partial charge is 0.219 e. The van der Waals surface area contributed by atoms with Crippen molar-refractivity contribution in [3.05, 3.63) is 35.9 Å². The Morgan fingerprint density at radius 3 is 2.46 bits per heavy atom. The normalized spacial score (nSPS) is 10.8. The molecule has 0 spiro atoms. The highest BCUT2D eigenvalue weighted by Crippen LogP contribution is 2.05. The van der Waals surface area contributed by atoms with Crippen LogP contribution in [0.1, 0.15) is 5.56 Å². The smallest absolute Gasteiger partial charge is 0.197 e. The third-order valence-electron chi connectivity index (χ3n) is 1.25. The van der Waals surface area contributed by atoms with Gasteiger partial charge in [-0.2, -0.15) is 0 Å². The Morgan fingerprint density at radius 1 is 1.31 bits per heavy atom. The van der Waals surface area contributed by atoms with Gasteiger partial charge in [0, 0.05) is 6.26 Å². The first kappa shape index (κ1) is 10.2. The van der Waals surface area contributed by atoms with Crippen molar-refractivity contribution in [1.29, 1.82) is 0 Å². The summed E-state index contributed by atoms with van der Waals surface area (Å²) in [6.07, 6.45) is 2.85. The van der Waals surface area contributed by atoms with Crippen LogP contribution in [0.25, 0.3) is 6.08 Å². The Hall–Kier alpha value is -0.880. The zero-order chi connectivity index (χ0) is 9.73. The molecule has 0 aromatic heterocycles. The molecule has 0 aliphatic rings. The van der Waals surface area contributed by atoms with E-state index in [-0.39, 0.29) is 7.41 Å². The summed E-state index contributed by atoms with van der Waals surface area (Å²) in [6.45, 7) is 0. The second kappa shape index (κ2) is 4.38.